The van der Waals surface area contributed by atoms with Crippen molar-refractivity contribution in [2.24, 2.45) is 11.1 Å². The van der Waals surface area contributed by atoms with E-state index in [1.807, 2.05) is 0 Å². The summed E-state index contributed by atoms with van der Waals surface area (Å²) in [4.78, 5) is 23.0. The van der Waals surface area contributed by atoms with Gasteiger partial charge < -0.3 is 10.5 Å². The third-order valence-electron chi connectivity index (χ3n) is 3.20. The maximum atomic E-state index is 13.1. The van der Waals surface area contributed by atoms with Crippen molar-refractivity contribution in [3.63, 3.8) is 0 Å². The maximum absolute atomic E-state index is 13.1. The lowest BCUT2D eigenvalue weighted by molar-refractivity contribution is -0.151. The summed E-state index contributed by atoms with van der Waals surface area (Å²) in [5, 5.41) is 0. The maximum Gasteiger partial charge on any atom is 0.322 e. The van der Waals surface area contributed by atoms with E-state index in [9.17, 15) is 14.0 Å². The standard InChI is InChI=1S/C12H12FNO3/c1-17-11(16)12(10(14)15)6-9(12)7-3-2-4-8(13)5-7/h2-5,9H,6H2,1H3,(H2,14,15). The molecular formula is C12H12FNO3. The van der Waals surface area contributed by atoms with Gasteiger partial charge in [0, 0.05) is 5.92 Å². The third-order valence-corrected chi connectivity index (χ3v) is 3.20. The fourth-order valence-electron chi connectivity index (χ4n) is 2.17. The van der Waals surface area contributed by atoms with Crippen molar-refractivity contribution in [1.82, 2.24) is 0 Å². The summed E-state index contributed by atoms with van der Waals surface area (Å²) in [5.41, 5.74) is 4.52. The second-order valence-electron chi connectivity index (χ2n) is 4.14. The Morgan fingerprint density at radius 2 is 2.24 bits per heavy atom. The van der Waals surface area contributed by atoms with Gasteiger partial charge in [0.2, 0.25) is 5.91 Å². The van der Waals surface area contributed by atoms with E-state index in [0.717, 1.165) is 0 Å². The van der Waals surface area contributed by atoms with Crippen molar-refractivity contribution in [1.29, 1.82) is 0 Å². The Morgan fingerprint density at radius 1 is 1.53 bits per heavy atom. The largest absolute Gasteiger partial charge is 0.468 e. The predicted octanol–water partition coefficient (Wildman–Crippen LogP) is 0.958. The average molecular weight is 237 g/mol. The summed E-state index contributed by atoms with van der Waals surface area (Å²) in [7, 11) is 1.20. The average Bonchev–Trinajstić information content (AvgIpc) is 3.04. The first kappa shape index (κ1) is 11.6. The van der Waals surface area contributed by atoms with Crippen LogP contribution in [-0.4, -0.2) is 19.0 Å². The molecule has 1 aromatic rings. The minimum absolute atomic E-state index is 0.276. The van der Waals surface area contributed by atoms with Gasteiger partial charge in [-0.3, -0.25) is 9.59 Å². The van der Waals surface area contributed by atoms with Crippen LogP contribution in [-0.2, 0) is 14.3 Å². The van der Waals surface area contributed by atoms with E-state index in [4.69, 9.17) is 5.73 Å². The highest BCUT2D eigenvalue weighted by Crippen LogP contribution is 2.59. The molecule has 4 nitrogen and oxygen atoms in total. The first-order chi connectivity index (χ1) is 8.02. The normalized spacial score (nSPS) is 26.4. The molecule has 90 valence electrons. The van der Waals surface area contributed by atoms with Crippen molar-refractivity contribution in [3.05, 3.63) is 35.6 Å². The summed E-state index contributed by atoms with van der Waals surface area (Å²) < 4.78 is 17.6. The highest BCUT2D eigenvalue weighted by Gasteiger charge is 2.66. The molecule has 2 atom stereocenters. The van der Waals surface area contributed by atoms with Gasteiger partial charge >= 0.3 is 5.97 Å². The van der Waals surface area contributed by atoms with E-state index >= 15 is 0 Å². The second kappa shape index (κ2) is 3.84. The molecule has 0 heterocycles. The number of hydrogen-bond donors (Lipinski definition) is 1. The fraction of sp³-hybridized carbons (Fsp3) is 0.333. The zero-order chi connectivity index (χ0) is 12.6. The number of amides is 1. The van der Waals surface area contributed by atoms with Gasteiger partial charge in [-0.2, -0.15) is 0 Å². The number of hydrogen-bond acceptors (Lipinski definition) is 3. The first-order valence-electron chi connectivity index (χ1n) is 5.16. The molecule has 1 aromatic carbocycles. The Balaban J connectivity index is 2.33. The number of methoxy groups -OCH3 is 1. The van der Waals surface area contributed by atoms with Gasteiger partial charge in [-0.25, -0.2) is 4.39 Å². The molecule has 1 saturated carbocycles. The highest BCUT2D eigenvalue weighted by molar-refractivity contribution is 6.06. The topological polar surface area (TPSA) is 69.4 Å². The van der Waals surface area contributed by atoms with Crippen molar-refractivity contribution in [2.75, 3.05) is 7.11 Å². The zero-order valence-electron chi connectivity index (χ0n) is 9.27. The molecule has 1 aliphatic rings. The number of benzene rings is 1. The van der Waals surface area contributed by atoms with Gasteiger partial charge in [-0.15, -0.1) is 0 Å². The lowest BCUT2D eigenvalue weighted by Gasteiger charge is -2.10. The van der Waals surface area contributed by atoms with Gasteiger partial charge in [0.1, 0.15) is 5.82 Å². The molecule has 0 aromatic heterocycles. The van der Waals surface area contributed by atoms with Crippen molar-refractivity contribution in [3.8, 4) is 0 Å². The Bertz CT molecular complexity index is 488. The van der Waals surface area contributed by atoms with Crippen LogP contribution in [0.1, 0.15) is 17.9 Å². The number of nitrogens with two attached hydrogens (primary N) is 1. The summed E-state index contributed by atoms with van der Waals surface area (Å²) >= 11 is 0. The Kier molecular flexibility index (Phi) is 2.61. The molecule has 0 saturated heterocycles. The van der Waals surface area contributed by atoms with E-state index in [1.165, 1.54) is 25.3 Å². The molecule has 0 spiro atoms. The molecule has 0 radical (unpaired) electrons. The van der Waals surface area contributed by atoms with Crippen LogP contribution >= 0.6 is 0 Å². The van der Waals surface area contributed by atoms with Gasteiger partial charge in [-0.05, 0) is 24.1 Å². The Morgan fingerprint density at radius 3 is 2.76 bits per heavy atom. The number of esters is 1. The van der Waals surface area contributed by atoms with Crippen LogP contribution in [0.4, 0.5) is 4.39 Å². The lowest BCUT2D eigenvalue weighted by atomic mass is 9.98. The smallest absolute Gasteiger partial charge is 0.322 e. The Labute approximate surface area is 97.6 Å². The molecule has 1 fully saturated rings. The molecular weight excluding hydrogens is 225 g/mol. The second-order valence-corrected chi connectivity index (χ2v) is 4.14. The monoisotopic (exact) mass is 237 g/mol. The SMILES string of the molecule is COC(=O)C1(C(N)=O)CC1c1cccc(F)c1. The molecule has 2 N–H and O–H groups in total. The summed E-state index contributed by atoms with van der Waals surface area (Å²) in [5.74, 6) is -2.17. The number of halogens is 1. The molecule has 2 unspecified atom stereocenters. The predicted molar refractivity (Wildman–Crippen MR) is 57.4 cm³/mol. The number of ether oxygens (including phenoxy) is 1. The van der Waals surface area contributed by atoms with Crippen LogP contribution in [0.3, 0.4) is 0 Å². The van der Waals surface area contributed by atoms with Crippen molar-refractivity contribution in [2.45, 2.75) is 12.3 Å². The minimum Gasteiger partial charge on any atom is -0.468 e. The number of primary amides is 1. The molecule has 1 amide bonds. The zero-order valence-corrected chi connectivity index (χ0v) is 9.27. The van der Waals surface area contributed by atoms with E-state index in [1.54, 1.807) is 6.07 Å². The highest BCUT2D eigenvalue weighted by atomic mass is 19.1. The minimum atomic E-state index is -1.32. The molecule has 1 aliphatic carbocycles. The van der Waals surface area contributed by atoms with Crippen molar-refractivity contribution >= 4 is 11.9 Å². The van der Waals surface area contributed by atoms with Gasteiger partial charge in [0.25, 0.3) is 0 Å². The fourth-order valence-corrected chi connectivity index (χ4v) is 2.17. The lowest BCUT2D eigenvalue weighted by Crippen LogP contribution is -2.34. The van der Waals surface area contributed by atoms with E-state index in [2.05, 4.69) is 4.74 Å². The number of carbonyl (C=O) groups excluding carboxylic acids is 2. The quantitative estimate of drug-likeness (QED) is 0.628. The summed E-state index contributed by atoms with van der Waals surface area (Å²) in [6.07, 6.45) is 0.276. The van der Waals surface area contributed by atoms with E-state index in [0.29, 0.717) is 5.56 Å². The van der Waals surface area contributed by atoms with E-state index < -0.39 is 23.1 Å². The third kappa shape index (κ3) is 1.67. The van der Waals surface area contributed by atoms with Crippen LogP contribution in [0.5, 0.6) is 0 Å². The van der Waals surface area contributed by atoms with Crippen LogP contribution in [0.25, 0.3) is 0 Å². The summed E-state index contributed by atoms with van der Waals surface area (Å²) in [6, 6.07) is 5.81. The number of rotatable bonds is 3. The molecule has 0 aliphatic heterocycles. The van der Waals surface area contributed by atoms with Crippen LogP contribution in [0, 0.1) is 11.2 Å². The number of carbonyl (C=O) groups is 2. The molecule has 17 heavy (non-hydrogen) atoms. The van der Waals surface area contributed by atoms with Crippen LogP contribution in [0.2, 0.25) is 0 Å². The van der Waals surface area contributed by atoms with Gasteiger partial charge in [0.15, 0.2) is 5.41 Å². The molecule has 0 bridgehead atoms. The first-order valence-corrected chi connectivity index (χ1v) is 5.16. The van der Waals surface area contributed by atoms with Crippen LogP contribution < -0.4 is 5.73 Å². The van der Waals surface area contributed by atoms with Gasteiger partial charge in [-0.1, -0.05) is 12.1 Å². The van der Waals surface area contributed by atoms with E-state index in [-0.39, 0.29) is 12.3 Å². The van der Waals surface area contributed by atoms with Crippen molar-refractivity contribution < 1.29 is 18.7 Å². The van der Waals surface area contributed by atoms with Gasteiger partial charge in [0.05, 0.1) is 7.11 Å². The Hall–Kier alpha value is -1.91. The van der Waals surface area contributed by atoms with Crippen LogP contribution in [0.15, 0.2) is 24.3 Å². The molecule has 5 heteroatoms. The molecule has 2 rings (SSSR count). The summed E-state index contributed by atoms with van der Waals surface area (Å²) in [6.45, 7) is 0.